The lowest BCUT2D eigenvalue weighted by atomic mass is 9.96. The van der Waals surface area contributed by atoms with Crippen LogP contribution < -0.4 is 0 Å². The normalized spacial score (nSPS) is 12.1. The van der Waals surface area contributed by atoms with Crippen LogP contribution in [0.2, 0.25) is 0 Å². The maximum absolute atomic E-state index is 6.63. The Hall–Kier alpha value is -9.26. The molecule has 0 saturated carbocycles. The van der Waals surface area contributed by atoms with E-state index in [1.54, 1.807) is 0 Å². The van der Waals surface area contributed by atoms with Gasteiger partial charge in [-0.05, 0) is 107 Å². The van der Waals surface area contributed by atoms with Crippen molar-refractivity contribution in [2.45, 2.75) is 0 Å². The molecule has 0 atom stereocenters. The van der Waals surface area contributed by atoms with Gasteiger partial charge in [-0.25, -0.2) is 9.97 Å². The Labute approximate surface area is 388 Å². The Kier molecular flexibility index (Phi) is 7.69. The van der Waals surface area contributed by atoms with Crippen molar-refractivity contribution in [3.63, 3.8) is 0 Å². The van der Waals surface area contributed by atoms with Gasteiger partial charge in [-0.15, -0.1) is 0 Å². The molecule has 10 aromatic carbocycles. The van der Waals surface area contributed by atoms with Crippen molar-refractivity contribution >= 4 is 98.4 Å². The highest BCUT2D eigenvalue weighted by Crippen LogP contribution is 2.45. The summed E-state index contributed by atoms with van der Waals surface area (Å²) in [5.41, 5.74) is 16.2. The SMILES string of the molecule is c1ccc(-c2nc(-n3c4ccc(-c5ccc6oc7cccc(-c8ccc9c(c8)c8ccccc8n9-c8ccccc8)c7c6c5)cc4c4c5c(ccc43)oc3ccccc35)nc3ccccc23)cc1. The second-order valence-corrected chi connectivity index (χ2v) is 17.7. The van der Waals surface area contributed by atoms with Crippen molar-refractivity contribution in [2.24, 2.45) is 0 Å². The first-order valence-corrected chi connectivity index (χ1v) is 23.0. The number of aromatic nitrogens is 4. The first-order valence-electron chi connectivity index (χ1n) is 23.0. The summed E-state index contributed by atoms with van der Waals surface area (Å²) in [6.45, 7) is 0. The van der Waals surface area contributed by atoms with E-state index >= 15 is 0 Å². The molecule has 0 aliphatic carbocycles. The summed E-state index contributed by atoms with van der Waals surface area (Å²) in [5.74, 6) is 0.615. The van der Waals surface area contributed by atoms with E-state index < -0.39 is 0 Å². The smallest absolute Gasteiger partial charge is 0.235 e. The molecule has 0 spiro atoms. The van der Waals surface area contributed by atoms with Crippen LogP contribution in [0.3, 0.4) is 0 Å². The van der Waals surface area contributed by atoms with Crippen LogP contribution in [-0.4, -0.2) is 19.1 Å². The molecule has 0 amide bonds. The van der Waals surface area contributed by atoms with Gasteiger partial charge in [-0.2, -0.15) is 0 Å². The summed E-state index contributed by atoms with van der Waals surface area (Å²) in [6.07, 6.45) is 0. The molecule has 0 aliphatic heterocycles. The van der Waals surface area contributed by atoms with Crippen LogP contribution in [0.15, 0.2) is 227 Å². The van der Waals surface area contributed by atoms with Gasteiger partial charge in [0.1, 0.15) is 22.3 Å². The van der Waals surface area contributed by atoms with E-state index in [-0.39, 0.29) is 0 Å². The molecule has 68 heavy (non-hydrogen) atoms. The number of hydrogen-bond donors (Lipinski definition) is 0. The molecule has 6 nitrogen and oxygen atoms in total. The summed E-state index contributed by atoms with van der Waals surface area (Å²) in [5, 5.41) is 9.96. The fourth-order valence-electron chi connectivity index (χ4n) is 10.9. The first-order chi connectivity index (χ1) is 33.7. The molecular formula is C62H36N4O2. The van der Waals surface area contributed by atoms with E-state index in [0.29, 0.717) is 5.95 Å². The van der Waals surface area contributed by atoms with Gasteiger partial charge >= 0.3 is 0 Å². The van der Waals surface area contributed by atoms with E-state index in [4.69, 9.17) is 18.8 Å². The molecule has 0 bridgehead atoms. The van der Waals surface area contributed by atoms with Crippen molar-refractivity contribution in [2.75, 3.05) is 0 Å². The number of rotatable bonds is 5. The van der Waals surface area contributed by atoms with Crippen molar-refractivity contribution in [1.82, 2.24) is 19.1 Å². The topological polar surface area (TPSA) is 61.9 Å². The lowest BCUT2D eigenvalue weighted by molar-refractivity contribution is 0.668. The molecule has 0 N–H and O–H groups in total. The summed E-state index contributed by atoms with van der Waals surface area (Å²) in [6, 6.07) is 77.2. The summed E-state index contributed by atoms with van der Waals surface area (Å²) in [7, 11) is 0. The highest BCUT2D eigenvalue weighted by Gasteiger charge is 2.23. The summed E-state index contributed by atoms with van der Waals surface area (Å²) in [4.78, 5) is 10.6. The van der Waals surface area contributed by atoms with Crippen LogP contribution in [0.4, 0.5) is 0 Å². The van der Waals surface area contributed by atoms with Crippen LogP contribution in [0, 0.1) is 0 Å². The molecular weight excluding hydrogens is 833 g/mol. The standard InChI is InChI=1S/C62H36N4O2/c1-3-14-37(15-4-1)61-44-19-7-10-22-49(44)63-62(64-61)66-52-29-26-38(34-47(52)59-53(66)31-33-57-60(59)45-20-9-12-24-54(45)67-57)39-28-32-55-48(35-39)58-42(21-13-25-56(58)68-55)40-27-30-51-46(36-40)43-18-8-11-23-50(43)65(51)41-16-5-2-6-17-41/h1-36H. The van der Waals surface area contributed by atoms with Crippen LogP contribution in [0.1, 0.15) is 0 Å². The third-order valence-corrected chi connectivity index (χ3v) is 13.9. The molecule has 0 radical (unpaired) electrons. The minimum Gasteiger partial charge on any atom is -0.456 e. The third kappa shape index (κ3) is 5.34. The van der Waals surface area contributed by atoms with Gasteiger partial charge in [0, 0.05) is 59.7 Å². The van der Waals surface area contributed by atoms with Crippen LogP contribution in [0.25, 0.3) is 144 Å². The second kappa shape index (κ2) is 14.1. The predicted molar refractivity (Wildman–Crippen MR) is 279 cm³/mol. The predicted octanol–water partition coefficient (Wildman–Crippen LogP) is 16.6. The Morgan fingerprint density at radius 3 is 1.75 bits per heavy atom. The average molecular weight is 869 g/mol. The fourth-order valence-corrected chi connectivity index (χ4v) is 10.9. The minimum atomic E-state index is 0.615. The molecule has 0 fully saturated rings. The zero-order valence-electron chi connectivity index (χ0n) is 36.4. The number of benzene rings is 10. The molecule has 5 heterocycles. The highest BCUT2D eigenvalue weighted by atomic mass is 16.3. The first kappa shape index (κ1) is 37.0. The lowest BCUT2D eigenvalue weighted by Gasteiger charge is -2.12. The van der Waals surface area contributed by atoms with Gasteiger partial charge in [-0.1, -0.05) is 133 Å². The average Bonchev–Trinajstić information content (AvgIpc) is 4.16. The summed E-state index contributed by atoms with van der Waals surface area (Å²) >= 11 is 0. The molecule has 0 aliphatic rings. The molecule has 15 aromatic rings. The molecule has 0 saturated heterocycles. The monoisotopic (exact) mass is 868 g/mol. The van der Waals surface area contributed by atoms with Crippen LogP contribution in [0.5, 0.6) is 0 Å². The zero-order valence-corrected chi connectivity index (χ0v) is 36.4. The Balaban J connectivity index is 0.945. The van der Waals surface area contributed by atoms with E-state index in [2.05, 4.69) is 203 Å². The van der Waals surface area contributed by atoms with Gasteiger partial charge in [0.2, 0.25) is 5.95 Å². The van der Waals surface area contributed by atoms with E-state index in [0.717, 1.165) is 116 Å². The minimum absolute atomic E-state index is 0.615. The summed E-state index contributed by atoms with van der Waals surface area (Å²) < 4.78 is 17.7. The van der Waals surface area contributed by atoms with Crippen LogP contribution in [-0.2, 0) is 0 Å². The number of nitrogens with zero attached hydrogens (tertiary/aromatic N) is 4. The maximum Gasteiger partial charge on any atom is 0.235 e. The van der Waals surface area contributed by atoms with E-state index in [9.17, 15) is 0 Å². The van der Waals surface area contributed by atoms with Crippen molar-refractivity contribution < 1.29 is 8.83 Å². The second-order valence-electron chi connectivity index (χ2n) is 17.7. The van der Waals surface area contributed by atoms with Crippen LogP contribution >= 0.6 is 0 Å². The maximum atomic E-state index is 6.63. The van der Waals surface area contributed by atoms with Gasteiger partial charge in [0.15, 0.2) is 0 Å². The lowest BCUT2D eigenvalue weighted by Crippen LogP contribution is -2.03. The molecule has 6 heteroatoms. The Morgan fingerprint density at radius 1 is 0.309 bits per heavy atom. The highest BCUT2D eigenvalue weighted by molar-refractivity contribution is 6.28. The molecule has 316 valence electrons. The quantitative estimate of drug-likeness (QED) is 0.173. The van der Waals surface area contributed by atoms with Crippen molar-refractivity contribution in [3.8, 4) is 45.1 Å². The molecule has 15 rings (SSSR count). The Bertz CT molecular complexity index is 4560. The van der Waals surface area contributed by atoms with E-state index in [1.807, 2.05) is 24.3 Å². The largest absolute Gasteiger partial charge is 0.456 e. The van der Waals surface area contributed by atoms with Crippen molar-refractivity contribution in [3.05, 3.63) is 218 Å². The van der Waals surface area contributed by atoms with Crippen molar-refractivity contribution in [1.29, 1.82) is 0 Å². The molecule has 0 unspecified atom stereocenters. The zero-order chi connectivity index (χ0) is 44.5. The van der Waals surface area contributed by atoms with Gasteiger partial charge < -0.3 is 13.4 Å². The number of furan rings is 2. The number of para-hydroxylation sites is 4. The number of fused-ring (bicyclic) bond motifs is 14. The Morgan fingerprint density at radius 2 is 0.897 bits per heavy atom. The van der Waals surface area contributed by atoms with Gasteiger partial charge in [0.05, 0.1) is 33.3 Å². The molecule has 5 aromatic heterocycles. The fraction of sp³-hybridized carbons (Fsp3) is 0. The number of hydrogen-bond acceptors (Lipinski definition) is 4. The van der Waals surface area contributed by atoms with E-state index in [1.165, 1.54) is 21.8 Å². The van der Waals surface area contributed by atoms with Gasteiger partial charge in [0.25, 0.3) is 0 Å². The van der Waals surface area contributed by atoms with Gasteiger partial charge in [-0.3, -0.25) is 4.57 Å². The third-order valence-electron chi connectivity index (χ3n) is 13.9.